The number of hydrogen-bond acceptors (Lipinski definition) is 1. The van der Waals surface area contributed by atoms with E-state index in [1.165, 1.54) is 12.1 Å². The van der Waals surface area contributed by atoms with Gasteiger partial charge in [0.1, 0.15) is 5.82 Å². The molecule has 0 aliphatic heterocycles. The number of benzene rings is 1. The summed E-state index contributed by atoms with van der Waals surface area (Å²) >= 11 is 5.88. The average Bonchev–Trinajstić information content (AvgIpc) is 2.14. The Morgan fingerprint density at radius 1 is 1.47 bits per heavy atom. The lowest BCUT2D eigenvalue weighted by Crippen LogP contribution is -2.10. The summed E-state index contributed by atoms with van der Waals surface area (Å²) in [5.41, 5.74) is 6.76. The van der Waals surface area contributed by atoms with Crippen molar-refractivity contribution >= 4 is 24.0 Å². The minimum Gasteiger partial charge on any atom is -0.324 e. The summed E-state index contributed by atoms with van der Waals surface area (Å²) in [7, 11) is 0. The van der Waals surface area contributed by atoms with Crippen molar-refractivity contribution in [2.24, 2.45) is 5.73 Å². The molecule has 2 N–H and O–H groups in total. The summed E-state index contributed by atoms with van der Waals surface area (Å²) in [5.74, 6) is -0.318. The van der Waals surface area contributed by atoms with Crippen LogP contribution in [0.1, 0.15) is 37.8 Å². The van der Waals surface area contributed by atoms with Gasteiger partial charge in [0.2, 0.25) is 0 Å². The van der Waals surface area contributed by atoms with Gasteiger partial charge in [0.05, 0.1) is 0 Å². The average molecular weight is 252 g/mol. The van der Waals surface area contributed by atoms with Crippen LogP contribution in [0, 0.1) is 5.82 Å². The molecule has 1 rings (SSSR count). The molecule has 0 aromatic heterocycles. The highest BCUT2D eigenvalue weighted by Gasteiger charge is 2.09. The molecule has 1 nitrogen and oxygen atoms in total. The monoisotopic (exact) mass is 251 g/mol. The Hall–Kier alpha value is -0.310. The predicted octanol–water partition coefficient (Wildman–Crippen LogP) is 4.09. The highest BCUT2D eigenvalue weighted by molar-refractivity contribution is 6.31. The molecule has 0 amide bonds. The van der Waals surface area contributed by atoms with Crippen LogP contribution < -0.4 is 5.73 Å². The summed E-state index contributed by atoms with van der Waals surface area (Å²) in [5, 5.41) is 0.425. The molecule has 0 spiro atoms. The van der Waals surface area contributed by atoms with Gasteiger partial charge in [0.25, 0.3) is 0 Å². The Bertz CT molecular complexity index is 305. The molecule has 1 atom stereocenters. The fraction of sp³-hybridized carbons (Fsp3) is 0.455. The molecule has 15 heavy (non-hydrogen) atoms. The molecule has 1 aromatic rings. The van der Waals surface area contributed by atoms with Gasteiger partial charge < -0.3 is 5.73 Å². The Balaban J connectivity index is 0.00000196. The fourth-order valence-corrected chi connectivity index (χ4v) is 1.69. The summed E-state index contributed by atoms with van der Waals surface area (Å²) in [6, 6.07) is 4.29. The molecule has 0 radical (unpaired) electrons. The van der Waals surface area contributed by atoms with Gasteiger partial charge in [0, 0.05) is 11.1 Å². The third-order valence-corrected chi connectivity index (χ3v) is 2.56. The first-order chi connectivity index (χ1) is 6.65. The van der Waals surface area contributed by atoms with Crippen molar-refractivity contribution in [1.82, 2.24) is 0 Å². The van der Waals surface area contributed by atoms with Gasteiger partial charge in [-0.3, -0.25) is 0 Å². The van der Waals surface area contributed by atoms with E-state index >= 15 is 0 Å². The normalized spacial score (nSPS) is 12.0. The number of unbranched alkanes of at least 4 members (excludes halogenated alkanes) is 1. The molecular formula is C11H16Cl2FN. The standard InChI is InChI=1S/C11H15ClFN.ClH/c1-2-3-4-11(14)9-6-5-8(13)7-10(9)12;/h5-7,11H,2-4,14H2,1H3;1H/t11-;/m1./s1. The third kappa shape index (κ3) is 4.37. The topological polar surface area (TPSA) is 26.0 Å². The maximum atomic E-state index is 12.7. The second-order valence-corrected chi connectivity index (χ2v) is 3.82. The van der Waals surface area contributed by atoms with Crippen LogP contribution in [0.3, 0.4) is 0 Å². The highest BCUT2D eigenvalue weighted by Crippen LogP contribution is 2.25. The number of hydrogen-bond donors (Lipinski definition) is 1. The van der Waals surface area contributed by atoms with Crippen LogP contribution in [0.25, 0.3) is 0 Å². The SMILES string of the molecule is CCCC[C@@H](N)c1ccc(F)cc1Cl.Cl. The molecule has 0 aliphatic carbocycles. The summed E-state index contributed by atoms with van der Waals surface area (Å²) in [4.78, 5) is 0. The zero-order chi connectivity index (χ0) is 10.6. The number of rotatable bonds is 4. The van der Waals surface area contributed by atoms with E-state index in [-0.39, 0.29) is 24.3 Å². The second kappa shape index (κ2) is 7.04. The van der Waals surface area contributed by atoms with E-state index in [9.17, 15) is 4.39 Å². The smallest absolute Gasteiger partial charge is 0.124 e. The van der Waals surface area contributed by atoms with Crippen molar-refractivity contribution in [2.45, 2.75) is 32.2 Å². The van der Waals surface area contributed by atoms with Crippen LogP contribution >= 0.6 is 24.0 Å². The van der Waals surface area contributed by atoms with E-state index in [1.807, 2.05) is 0 Å². The molecule has 0 heterocycles. The number of halogens is 3. The van der Waals surface area contributed by atoms with E-state index in [0.717, 1.165) is 24.8 Å². The van der Waals surface area contributed by atoms with Crippen molar-refractivity contribution in [1.29, 1.82) is 0 Å². The Kier molecular flexibility index (Phi) is 6.90. The summed E-state index contributed by atoms with van der Waals surface area (Å²) in [6.45, 7) is 2.11. The van der Waals surface area contributed by atoms with Crippen LogP contribution in [0.15, 0.2) is 18.2 Å². The zero-order valence-corrected chi connectivity index (χ0v) is 10.2. The van der Waals surface area contributed by atoms with Gasteiger partial charge in [-0.05, 0) is 24.1 Å². The molecule has 0 saturated carbocycles. The predicted molar refractivity (Wildman–Crippen MR) is 65.1 cm³/mol. The largest absolute Gasteiger partial charge is 0.324 e. The van der Waals surface area contributed by atoms with Crippen LogP contribution in [-0.2, 0) is 0 Å². The lowest BCUT2D eigenvalue weighted by molar-refractivity contribution is 0.597. The second-order valence-electron chi connectivity index (χ2n) is 3.41. The van der Waals surface area contributed by atoms with Gasteiger partial charge in [-0.2, -0.15) is 0 Å². The van der Waals surface area contributed by atoms with E-state index < -0.39 is 0 Å². The van der Waals surface area contributed by atoms with Crippen molar-refractivity contribution < 1.29 is 4.39 Å². The van der Waals surface area contributed by atoms with E-state index in [1.54, 1.807) is 6.07 Å². The Morgan fingerprint density at radius 3 is 2.67 bits per heavy atom. The lowest BCUT2D eigenvalue weighted by atomic mass is 10.0. The maximum Gasteiger partial charge on any atom is 0.124 e. The van der Waals surface area contributed by atoms with Gasteiger partial charge in [-0.25, -0.2) is 4.39 Å². The molecule has 0 saturated heterocycles. The van der Waals surface area contributed by atoms with Gasteiger partial charge in [-0.1, -0.05) is 37.4 Å². The maximum absolute atomic E-state index is 12.7. The number of nitrogens with two attached hydrogens (primary N) is 1. The van der Waals surface area contributed by atoms with Crippen LogP contribution in [0.4, 0.5) is 4.39 Å². The van der Waals surface area contributed by atoms with E-state index in [2.05, 4.69) is 6.92 Å². The van der Waals surface area contributed by atoms with Gasteiger partial charge >= 0.3 is 0 Å². The first-order valence-electron chi connectivity index (χ1n) is 4.85. The first kappa shape index (κ1) is 14.7. The van der Waals surface area contributed by atoms with E-state index in [0.29, 0.717) is 5.02 Å². The molecule has 0 unspecified atom stereocenters. The third-order valence-electron chi connectivity index (χ3n) is 2.23. The molecule has 0 fully saturated rings. The van der Waals surface area contributed by atoms with Gasteiger partial charge in [0.15, 0.2) is 0 Å². The minimum absolute atomic E-state index is 0. The summed E-state index contributed by atoms with van der Waals surface area (Å²) < 4.78 is 12.7. The van der Waals surface area contributed by atoms with Crippen LogP contribution in [0.5, 0.6) is 0 Å². The van der Waals surface area contributed by atoms with Crippen molar-refractivity contribution in [3.05, 3.63) is 34.6 Å². The molecule has 1 aromatic carbocycles. The molecular weight excluding hydrogens is 236 g/mol. The Morgan fingerprint density at radius 2 is 2.13 bits per heavy atom. The summed E-state index contributed by atoms with van der Waals surface area (Å²) in [6.07, 6.45) is 3.06. The van der Waals surface area contributed by atoms with Crippen LogP contribution in [-0.4, -0.2) is 0 Å². The molecule has 4 heteroatoms. The lowest BCUT2D eigenvalue weighted by Gasteiger charge is -2.12. The minimum atomic E-state index is -0.318. The van der Waals surface area contributed by atoms with Crippen molar-refractivity contribution in [3.63, 3.8) is 0 Å². The van der Waals surface area contributed by atoms with Crippen molar-refractivity contribution in [3.8, 4) is 0 Å². The van der Waals surface area contributed by atoms with Crippen molar-refractivity contribution in [2.75, 3.05) is 0 Å². The molecule has 86 valence electrons. The molecule has 0 bridgehead atoms. The van der Waals surface area contributed by atoms with Gasteiger partial charge in [-0.15, -0.1) is 12.4 Å². The highest BCUT2D eigenvalue weighted by atomic mass is 35.5. The quantitative estimate of drug-likeness (QED) is 0.858. The van der Waals surface area contributed by atoms with E-state index in [4.69, 9.17) is 17.3 Å². The Labute approximate surface area is 101 Å². The first-order valence-corrected chi connectivity index (χ1v) is 5.23. The zero-order valence-electron chi connectivity index (χ0n) is 8.67. The molecule has 0 aliphatic rings. The van der Waals surface area contributed by atoms with Crippen LogP contribution in [0.2, 0.25) is 5.02 Å². The fourth-order valence-electron chi connectivity index (χ4n) is 1.38.